The van der Waals surface area contributed by atoms with Crippen LogP contribution in [0.2, 0.25) is 0 Å². The Morgan fingerprint density at radius 3 is 2.50 bits per heavy atom. The highest BCUT2D eigenvalue weighted by atomic mass is 16.6. The SMILES string of the molecule is C=C(/C=C(C)\C(=C/C)c1cc2cnc(NC(=O)OC(C)(C)C)cc2cn1)C(O)CC. The van der Waals surface area contributed by atoms with E-state index in [2.05, 4.69) is 21.9 Å². The van der Waals surface area contributed by atoms with Crippen LogP contribution in [0.15, 0.2) is 54.4 Å². The maximum absolute atomic E-state index is 12.0. The fraction of sp³-hybridized carbons (Fsp3) is 0.375. The van der Waals surface area contributed by atoms with Crippen LogP contribution in [0, 0.1) is 0 Å². The van der Waals surface area contributed by atoms with Crippen molar-refractivity contribution in [1.29, 1.82) is 0 Å². The number of allylic oxidation sites excluding steroid dienone is 3. The van der Waals surface area contributed by atoms with E-state index in [1.54, 1.807) is 39.2 Å². The van der Waals surface area contributed by atoms with Crippen molar-refractivity contribution in [1.82, 2.24) is 9.97 Å². The highest BCUT2D eigenvalue weighted by Gasteiger charge is 2.17. The van der Waals surface area contributed by atoms with Crippen molar-refractivity contribution in [3.63, 3.8) is 0 Å². The number of anilines is 1. The monoisotopic (exact) mass is 409 g/mol. The van der Waals surface area contributed by atoms with E-state index in [9.17, 15) is 9.90 Å². The smallest absolute Gasteiger partial charge is 0.413 e. The Morgan fingerprint density at radius 2 is 1.90 bits per heavy atom. The van der Waals surface area contributed by atoms with Gasteiger partial charge < -0.3 is 9.84 Å². The number of rotatable bonds is 6. The number of hydrogen-bond acceptors (Lipinski definition) is 5. The number of aliphatic hydroxyl groups is 1. The van der Waals surface area contributed by atoms with Crippen LogP contribution in [-0.4, -0.2) is 32.9 Å². The molecule has 0 aromatic carbocycles. The fourth-order valence-electron chi connectivity index (χ4n) is 2.95. The van der Waals surface area contributed by atoms with Gasteiger partial charge in [0.25, 0.3) is 0 Å². The van der Waals surface area contributed by atoms with Crippen molar-refractivity contribution in [3.8, 4) is 0 Å². The predicted octanol–water partition coefficient (Wildman–Crippen LogP) is 5.65. The van der Waals surface area contributed by atoms with Gasteiger partial charge in [0.2, 0.25) is 0 Å². The lowest BCUT2D eigenvalue weighted by Crippen LogP contribution is -2.27. The highest BCUT2D eigenvalue weighted by molar-refractivity contribution is 5.91. The number of nitrogens with zero attached hydrogens (tertiary/aromatic N) is 2. The first-order valence-corrected chi connectivity index (χ1v) is 10.0. The van der Waals surface area contributed by atoms with Gasteiger partial charge in [0.15, 0.2) is 0 Å². The molecular formula is C24H31N3O3. The number of aromatic nitrogens is 2. The predicted molar refractivity (Wildman–Crippen MR) is 122 cm³/mol. The number of ether oxygens (including phenoxy) is 1. The zero-order chi connectivity index (χ0) is 22.5. The first kappa shape index (κ1) is 23.3. The molecule has 0 spiro atoms. The molecule has 1 amide bonds. The van der Waals surface area contributed by atoms with E-state index in [0.29, 0.717) is 17.8 Å². The summed E-state index contributed by atoms with van der Waals surface area (Å²) in [6.07, 6.45) is 6.83. The zero-order valence-corrected chi connectivity index (χ0v) is 18.6. The topological polar surface area (TPSA) is 84.3 Å². The molecule has 30 heavy (non-hydrogen) atoms. The van der Waals surface area contributed by atoms with Crippen LogP contribution in [-0.2, 0) is 4.74 Å². The lowest BCUT2D eigenvalue weighted by atomic mass is 9.98. The number of hydrogen-bond donors (Lipinski definition) is 2. The molecule has 2 N–H and O–H groups in total. The lowest BCUT2D eigenvalue weighted by Gasteiger charge is -2.19. The van der Waals surface area contributed by atoms with Gasteiger partial charge in [-0.1, -0.05) is 25.7 Å². The Labute approximate surface area is 178 Å². The van der Waals surface area contributed by atoms with Crippen molar-refractivity contribution in [3.05, 3.63) is 60.1 Å². The molecule has 160 valence electrons. The average Bonchev–Trinajstić information content (AvgIpc) is 2.66. The Morgan fingerprint density at radius 1 is 1.27 bits per heavy atom. The molecule has 6 nitrogen and oxygen atoms in total. The minimum absolute atomic E-state index is 0.401. The number of carbonyl (C=O) groups excluding carboxylic acids is 1. The van der Waals surface area contributed by atoms with Gasteiger partial charge in [-0.05, 0) is 69.9 Å². The largest absolute Gasteiger partial charge is 0.444 e. The van der Waals surface area contributed by atoms with E-state index in [0.717, 1.165) is 27.6 Å². The summed E-state index contributed by atoms with van der Waals surface area (Å²) < 4.78 is 5.26. The van der Waals surface area contributed by atoms with Crippen molar-refractivity contribution in [2.45, 2.75) is 59.7 Å². The highest BCUT2D eigenvalue weighted by Crippen LogP contribution is 2.26. The minimum atomic E-state index is -0.579. The first-order chi connectivity index (χ1) is 14.0. The molecule has 1 unspecified atom stereocenters. The summed E-state index contributed by atoms with van der Waals surface area (Å²) in [7, 11) is 0. The second kappa shape index (κ2) is 9.67. The number of pyridine rings is 2. The van der Waals surface area contributed by atoms with E-state index in [1.165, 1.54) is 0 Å². The summed E-state index contributed by atoms with van der Waals surface area (Å²) in [6, 6.07) is 3.71. The van der Waals surface area contributed by atoms with E-state index >= 15 is 0 Å². The Balaban J connectivity index is 2.27. The molecule has 2 rings (SSSR count). The van der Waals surface area contributed by atoms with Crippen LogP contribution in [0.1, 0.15) is 53.7 Å². The standard InChI is InChI=1S/C24H31N3O3/c1-8-19(15(3)10-16(4)21(28)9-2)20-11-17-14-26-22(12-18(17)13-25-20)27-23(29)30-24(5,6)7/h8,10-14,21,28H,4,9H2,1-3,5-7H3,(H,26,27,29)/b15-10-,19-8+. The summed E-state index contributed by atoms with van der Waals surface area (Å²) in [4.78, 5) is 20.8. The van der Waals surface area contributed by atoms with Crippen LogP contribution in [0.4, 0.5) is 10.6 Å². The fourth-order valence-corrected chi connectivity index (χ4v) is 2.95. The Bertz CT molecular complexity index is 1000. The summed E-state index contributed by atoms with van der Waals surface area (Å²) in [5, 5.41) is 14.4. The molecule has 0 saturated carbocycles. The van der Waals surface area contributed by atoms with Gasteiger partial charge in [0, 0.05) is 23.2 Å². The molecule has 0 fully saturated rings. The zero-order valence-electron chi connectivity index (χ0n) is 18.6. The van der Waals surface area contributed by atoms with Gasteiger partial charge in [0.05, 0.1) is 11.8 Å². The summed E-state index contributed by atoms with van der Waals surface area (Å²) >= 11 is 0. The molecule has 0 radical (unpaired) electrons. The molecule has 1 atom stereocenters. The lowest BCUT2D eigenvalue weighted by molar-refractivity contribution is 0.0635. The first-order valence-electron chi connectivity index (χ1n) is 10.0. The molecule has 2 aromatic rings. The maximum Gasteiger partial charge on any atom is 0.413 e. The molecule has 2 aromatic heterocycles. The molecule has 0 aliphatic heterocycles. The van der Waals surface area contributed by atoms with E-state index in [-0.39, 0.29) is 0 Å². The van der Waals surface area contributed by atoms with Gasteiger partial charge >= 0.3 is 6.09 Å². The number of fused-ring (bicyclic) bond motifs is 1. The molecule has 6 heteroatoms. The minimum Gasteiger partial charge on any atom is -0.444 e. The van der Waals surface area contributed by atoms with Crippen molar-refractivity contribution < 1.29 is 14.6 Å². The van der Waals surface area contributed by atoms with Crippen LogP contribution in [0.25, 0.3) is 16.3 Å². The van der Waals surface area contributed by atoms with Crippen LogP contribution >= 0.6 is 0 Å². The quantitative estimate of drug-likeness (QED) is 0.602. The molecular weight excluding hydrogens is 378 g/mol. The van der Waals surface area contributed by atoms with Gasteiger partial charge in [-0.25, -0.2) is 9.78 Å². The third-order valence-corrected chi connectivity index (χ3v) is 4.44. The number of nitrogens with one attached hydrogen (secondary N) is 1. The van der Waals surface area contributed by atoms with Crippen molar-refractivity contribution >= 4 is 28.3 Å². The maximum atomic E-state index is 12.0. The van der Waals surface area contributed by atoms with Crippen LogP contribution in [0.3, 0.4) is 0 Å². The van der Waals surface area contributed by atoms with Crippen molar-refractivity contribution in [2.75, 3.05) is 5.32 Å². The molecule has 2 heterocycles. The second-order valence-corrected chi connectivity index (χ2v) is 8.14. The third-order valence-electron chi connectivity index (χ3n) is 4.44. The summed E-state index contributed by atoms with van der Waals surface area (Å²) in [5.74, 6) is 0.401. The summed E-state index contributed by atoms with van der Waals surface area (Å²) in [6.45, 7) is 15.2. The average molecular weight is 410 g/mol. The second-order valence-electron chi connectivity index (χ2n) is 8.14. The van der Waals surface area contributed by atoms with E-state index < -0.39 is 17.8 Å². The van der Waals surface area contributed by atoms with Crippen LogP contribution < -0.4 is 5.32 Å². The molecule has 0 aliphatic carbocycles. The molecule has 0 saturated heterocycles. The third kappa shape index (κ3) is 6.26. The van der Waals surface area contributed by atoms with Crippen molar-refractivity contribution in [2.24, 2.45) is 0 Å². The molecule has 0 bridgehead atoms. The normalized spacial score (nSPS) is 13.8. The Kier molecular flexibility index (Phi) is 7.51. The van der Waals surface area contributed by atoms with E-state index in [1.807, 2.05) is 39.0 Å². The van der Waals surface area contributed by atoms with Crippen LogP contribution in [0.5, 0.6) is 0 Å². The van der Waals surface area contributed by atoms with E-state index in [4.69, 9.17) is 4.74 Å². The number of carbonyl (C=O) groups is 1. The van der Waals surface area contributed by atoms with Gasteiger partial charge in [-0.2, -0.15) is 0 Å². The summed E-state index contributed by atoms with van der Waals surface area (Å²) in [5.41, 5.74) is 2.82. The van der Waals surface area contributed by atoms with Gasteiger partial charge in [-0.3, -0.25) is 10.3 Å². The number of amides is 1. The number of aliphatic hydroxyl groups excluding tert-OH is 1. The Hall–Kier alpha value is -2.99. The van der Waals surface area contributed by atoms with Gasteiger partial charge in [-0.15, -0.1) is 0 Å². The van der Waals surface area contributed by atoms with Gasteiger partial charge in [0.1, 0.15) is 11.4 Å². The molecule has 0 aliphatic rings.